The maximum absolute atomic E-state index is 12.0. The van der Waals surface area contributed by atoms with Crippen molar-refractivity contribution < 1.29 is 15.0 Å². The highest BCUT2D eigenvalue weighted by Crippen LogP contribution is 2.14. The quantitative estimate of drug-likeness (QED) is 0.392. The van der Waals surface area contributed by atoms with Gasteiger partial charge in [0.25, 0.3) is 0 Å². The van der Waals surface area contributed by atoms with Gasteiger partial charge < -0.3 is 14.5 Å². The number of hydrogen-bond donors (Lipinski definition) is 2. The Balaban J connectivity index is 1.85. The largest absolute Gasteiger partial charge is 0.444 e. The second kappa shape index (κ2) is 6.21. The van der Waals surface area contributed by atoms with E-state index in [4.69, 9.17) is 4.74 Å². The van der Waals surface area contributed by atoms with Crippen molar-refractivity contribution in [2.45, 2.75) is 26.4 Å². The molecule has 0 radical (unpaired) electrons. The van der Waals surface area contributed by atoms with Crippen LogP contribution in [0.15, 0.2) is 21.7 Å². The van der Waals surface area contributed by atoms with E-state index in [2.05, 4.69) is 45.1 Å². The van der Waals surface area contributed by atoms with Crippen LogP contribution in [0.1, 0.15) is 20.8 Å². The Morgan fingerprint density at radius 1 is 1.30 bits per heavy atom. The first-order valence-electron chi connectivity index (χ1n) is 6.75. The van der Waals surface area contributed by atoms with E-state index in [1.54, 1.807) is 4.90 Å². The third kappa shape index (κ3) is 4.27. The van der Waals surface area contributed by atoms with Crippen LogP contribution in [0.5, 0.6) is 0 Å². The number of piperazine rings is 1. The van der Waals surface area contributed by atoms with E-state index in [1.807, 2.05) is 26.2 Å². The zero-order chi connectivity index (χ0) is 14.8. The van der Waals surface area contributed by atoms with Gasteiger partial charge in [0.05, 0.1) is 0 Å². The third-order valence-electron chi connectivity index (χ3n) is 3.03. The van der Waals surface area contributed by atoms with E-state index in [9.17, 15) is 4.79 Å². The normalized spacial score (nSPS) is 20.0. The summed E-state index contributed by atoms with van der Waals surface area (Å²) in [5.74, 6) is 1.09. The van der Waals surface area contributed by atoms with Gasteiger partial charge in [-0.15, -0.1) is 0 Å². The number of ether oxygens (including phenoxy) is 1. The molecule has 2 aliphatic heterocycles. The highest BCUT2D eigenvalue weighted by Gasteiger charge is 2.27. The van der Waals surface area contributed by atoms with Gasteiger partial charge in [0.1, 0.15) is 5.60 Å². The van der Waals surface area contributed by atoms with Crippen LogP contribution in [0.25, 0.3) is 0 Å². The Bertz CT molecular complexity index is 434. The second-order valence-corrected chi connectivity index (χ2v) is 7.09. The molecule has 2 heterocycles. The molecule has 0 unspecified atom stereocenters. The topological polar surface area (TPSA) is 61.4 Å². The Morgan fingerprint density at radius 3 is 2.45 bits per heavy atom. The van der Waals surface area contributed by atoms with Gasteiger partial charge >= 0.3 is 6.09 Å². The van der Waals surface area contributed by atoms with Crippen molar-refractivity contribution in [1.29, 1.82) is 0 Å². The van der Waals surface area contributed by atoms with Crippen LogP contribution in [0.3, 0.4) is 0 Å². The van der Waals surface area contributed by atoms with Crippen LogP contribution in [-0.4, -0.2) is 47.7 Å². The molecule has 1 saturated heterocycles. The molecular weight excluding hydrogens is 371 g/mol. The van der Waals surface area contributed by atoms with Crippen molar-refractivity contribution in [3.8, 4) is 0 Å². The fourth-order valence-electron chi connectivity index (χ4n) is 2.05. The zero-order valence-corrected chi connectivity index (χ0v) is 14.3. The second-order valence-electron chi connectivity index (χ2n) is 5.85. The molecule has 1 fully saturated rings. The van der Waals surface area contributed by atoms with E-state index >= 15 is 0 Å². The number of halogens is 1. The number of carbonyl (C=O) groups is 1. The number of carbonyl (C=O) groups excluding carboxylic acids is 1. The number of rotatable bonds is 1. The Labute approximate surface area is 133 Å². The van der Waals surface area contributed by atoms with Crippen molar-refractivity contribution in [2.24, 2.45) is 0 Å². The van der Waals surface area contributed by atoms with Crippen LogP contribution in [0, 0.1) is 0 Å². The summed E-state index contributed by atoms with van der Waals surface area (Å²) in [6.45, 7) is 8.68. The van der Waals surface area contributed by atoms with Gasteiger partial charge in [-0.1, -0.05) is 0 Å². The molecule has 0 aromatic rings. The van der Waals surface area contributed by atoms with Gasteiger partial charge in [0.2, 0.25) is 0 Å². The highest BCUT2D eigenvalue weighted by molar-refractivity contribution is 14.1. The smallest absolute Gasteiger partial charge is 0.410 e. The lowest BCUT2D eigenvalue weighted by Gasteiger charge is -2.37. The molecular formula is C13H22IN4O2+. The number of quaternary nitrogens is 1. The van der Waals surface area contributed by atoms with Crippen LogP contribution < -0.4 is 10.9 Å². The molecule has 7 heteroatoms. The van der Waals surface area contributed by atoms with Crippen LogP contribution in [0.2, 0.25) is 0 Å². The van der Waals surface area contributed by atoms with E-state index in [0.29, 0.717) is 13.1 Å². The maximum Gasteiger partial charge on any atom is 0.410 e. The first kappa shape index (κ1) is 15.4. The molecule has 20 heavy (non-hydrogen) atoms. The molecule has 0 saturated carbocycles. The average Bonchev–Trinajstić information content (AvgIpc) is 2.38. The van der Waals surface area contributed by atoms with Crippen molar-refractivity contribution >= 4 is 28.7 Å². The Morgan fingerprint density at radius 2 is 1.95 bits per heavy atom. The molecule has 112 valence electrons. The lowest BCUT2D eigenvalue weighted by molar-refractivity contribution is -0.648. The summed E-state index contributed by atoms with van der Waals surface area (Å²) in [7, 11) is 0. The van der Waals surface area contributed by atoms with Crippen molar-refractivity contribution in [3.05, 3.63) is 21.7 Å². The molecule has 2 aliphatic rings. The minimum absolute atomic E-state index is 0.219. The number of allylic oxidation sites excluding steroid dienone is 2. The third-order valence-corrected chi connectivity index (χ3v) is 3.70. The Hall–Kier alpha value is -0.960. The summed E-state index contributed by atoms with van der Waals surface area (Å²) in [6.07, 6.45) is 3.93. The SMILES string of the molecule is CC(C)(C)OC(=O)N1CCN(C2=CC=C(I)[NH2+]N2)CC1. The summed E-state index contributed by atoms with van der Waals surface area (Å²) in [5, 5.41) is 0. The summed E-state index contributed by atoms with van der Waals surface area (Å²) in [5.41, 5.74) is 4.82. The average molecular weight is 393 g/mol. The fraction of sp³-hybridized carbons (Fsp3) is 0.615. The van der Waals surface area contributed by atoms with Crippen molar-refractivity contribution in [3.63, 3.8) is 0 Å². The molecule has 0 spiro atoms. The Kier molecular flexibility index (Phi) is 4.79. The number of nitrogens with zero attached hydrogens (tertiary/aromatic N) is 2. The van der Waals surface area contributed by atoms with Crippen LogP contribution in [0.4, 0.5) is 4.79 Å². The van der Waals surface area contributed by atoms with E-state index in [1.165, 1.54) is 3.70 Å². The van der Waals surface area contributed by atoms with Crippen LogP contribution in [-0.2, 0) is 4.74 Å². The first-order chi connectivity index (χ1) is 9.35. The molecule has 0 aromatic carbocycles. The van der Waals surface area contributed by atoms with Gasteiger partial charge in [-0.2, -0.15) is 0 Å². The molecule has 0 aromatic heterocycles. The van der Waals surface area contributed by atoms with Gasteiger partial charge in [0.15, 0.2) is 9.52 Å². The minimum Gasteiger partial charge on any atom is -0.444 e. The summed E-state index contributed by atoms with van der Waals surface area (Å²) in [4.78, 5) is 16.0. The van der Waals surface area contributed by atoms with E-state index < -0.39 is 5.60 Å². The van der Waals surface area contributed by atoms with Crippen molar-refractivity contribution in [1.82, 2.24) is 15.2 Å². The van der Waals surface area contributed by atoms with Gasteiger partial charge in [-0.05, 0) is 26.8 Å². The first-order valence-corrected chi connectivity index (χ1v) is 7.83. The zero-order valence-electron chi connectivity index (χ0n) is 12.1. The molecule has 0 atom stereocenters. The summed E-state index contributed by atoms with van der Waals surface area (Å²) < 4.78 is 6.57. The number of nitrogens with one attached hydrogen (secondary N) is 1. The summed E-state index contributed by atoms with van der Waals surface area (Å²) >= 11 is 2.27. The molecule has 1 amide bonds. The predicted octanol–water partition coefficient (Wildman–Crippen LogP) is 0.738. The van der Waals surface area contributed by atoms with Gasteiger partial charge in [-0.25, -0.2) is 15.6 Å². The van der Waals surface area contributed by atoms with Crippen LogP contribution >= 0.6 is 22.6 Å². The minimum atomic E-state index is -0.432. The van der Waals surface area contributed by atoms with E-state index in [-0.39, 0.29) is 6.09 Å². The van der Waals surface area contributed by atoms with E-state index in [0.717, 1.165) is 18.9 Å². The molecule has 0 aliphatic carbocycles. The standard InChI is InChI=1S/C13H21IN4O2/c1-13(2,3)20-12(19)18-8-6-17(7-9-18)11-5-4-10(14)15-16-11/h4-5,15-16H,6-9H2,1-3H3/p+1. The lowest BCUT2D eigenvalue weighted by atomic mass is 10.2. The fourth-order valence-corrected chi connectivity index (χ4v) is 2.39. The van der Waals surface area contributed by atoms with Crippen molar-refractivity contribution in [2.75, 3.05) is 26.2 Å². The van der Waals surface area contributed by atoms with Gasteiger partial charge in [0, 0.05) is 54.8 Å². The highest BCUT2D eigenvalue weighted by atomic mass is 127. The molecule has 3 N–H and O–H groups in total. The monoisotopic (exact) mass is 393 g/mol. The van der Waals surface area contributed by atoms with Gasteiger partial charge in [-0.3, -0.25) is 0 Å². The maximum atomic E-state index is 12.0. The molecule has 2 rings (SSSR count). The molecule has 6 nitrogen and oxygen atoms in total. The predicted molar refractivity (Wildman–Crippen MR) is 84.6 cm³/mol. The number of hydrogen-bond acceptors (Lipinski definition) is 4. The lowest BCUT2D eigenvalue weighted by Crippen LogP contribution is -2.91. The summed E-state index contributed by atoms with van der Waals surface area (Å²) in [6, 6.07) is 0. The molecule has 0 bridgehead atoms. The number of amides is 1. The number of nitrogens with two attached hydrogens (primary N) is 1.